The summed E-state index contributed by atoms with van der Waals surface area (Å²) in [6, 6.07) is 3.73. The Bertz CT molecular complexity index is 559. The average Bonchev–Trinajstić information content (AvgIpc) is 2.13. The Labute approximate surface area is 101 Å². The van der Waals surface area contributed by atoms with Crippen molar-refractivity contribution in [3.63, 3.8) is 0 Å². The van der Waals surface area contributed by atoms with E-state index < -0.39 is 0 Å². The number of nitrogens with zero attached hydrogens (tertiary/aromatic N) is 1. The minimum Gasteiger partial charge on any atom is -0.325 e. The van der Waals surface area contributed by atoms with Gasteiger partial charge < -0.3 is 4.98 Å². The molecule has 0 bridgehead atoms. The number of aromatic nitrogens is 1. The van der Waals surface area contributed by atoms with Crippen molar-refractivity contribution in [1.82, 2.24) is 4.98 Å². The fourth-order valence-electron chi connectivity index (χ4n) is 3.23. The fourth-order valence-corrected chi connectivity index (χ4v) is 3.23. The quantitative estimate of drug-likeness (QED) is 0.744. The number of pyridine rings is 1. The van der Waals surface area contributed by atoms with E-state index in [1.807, 2.05) is 6.07 Å². The van der Waals surface area contributed by atoms with Gasteiger partial charge in [-0.2, -0.15) is 5.26 Å². The lowest BCUT2D eigenvalue weighted by molar-refractivity contribution is 0.227. The minimum atomic E-state index is -0.264. The van der Waals surface area contributed by atoms with Crippen LogP contribution in [0.25, 0.3) is 0 Å². The van der Waals surface area contributed by atoms with Gasteiger partial charge in [-0.25, -0.2) is 0 Å². The first kappa shape index (κ1) is 11.9. The largest absolute Gasteiger partial charge is 0.325 e. The Hall–Kier alpha value is -1.56. The zero-order valence-electron chi connectivity index (χ0n) is 10.8. The van der Waals surface area contributed by atoms with Crippen molar-refractivity contribution in [2.75, 3.05) is 0 Å². The van der Waals surface area contributed by atoms with Crippen LogP contribution >= 0.6 is 0 Å². The van der Waals surface area contributed by atoms with E-state index in [2.05, 4.69) is 32.7 Å². The van der Waals surface area contributed by atoms with Gasteiger partial charge in [0, 0.05) is 5.69 Å². The lowest BCUT2D eigenvalue weighted by Crippen LogP contribution is -2.37. The van der Waals surface area contributed by atoms with E-state index in [0.29, 0.717) is 0 Å². The zero-order valence-corrected chi connectivity index (χ0v) is 10.8. The Morgan fingerprint density at radius 3 is 2.59 bits per heavy atom. The normalized spacial score (nSPS) is 20.4. The molecule has 0 fully saturated rings. The minimum absolute atomic E-state index is 0.00683. The second-order valence-electron chi connectivity index (χ2n) is 6.42. The maximum atomic E-state index is 11.7. The van der Waals surface area contributed by atoms with Gasteiger partial charge in [-0.1, -0.05) is 27.7 Å². The van der Waals surface area contributed by atoms with E-state index in [1.54, 1.807) is 6.07 Å². The van der Waals surface area contributed by atoms with Crippen LogP contribution in [0, 0.1) is 16.7 Å². The van der Waals surface area contributed by atoms with Crippen molar-refractivity contribution in [1.29, 1.82) is 5.26 Å². The summed E-state index contributed by atoms with van der Waals surface area (Å²) < 4.78 is 0. The molecule has 0 radical (unpaired) electrons. The highest BCUT2D eigenvalue weighted by Gasteiger charge is 2.38. The molecule has 2 rings (SSSR count). The summed E-state index contributed by atoms with van der Waals surface area (Å²) in [4.78, 5) is 14.5. The summed E-state index contributed by atoms with van der Waals surface area (Å²) in [5, 5.41) is 8.92. The molecule has 3 heteroatoms. The van der Waals surface area contributed by atoms with Gasteiger partial charge >= 0.3 is 0 Å². The van der Waals surface area contributed by atoms with E-state index in [-0.39, 0.29) is 22.0 Å². The highest BCUT2D eigenvalue weighted by atomic mass is 16.1. The third-order valence-corrected chi connectivity index (χ3v) is 3.55. The zero-order chi connectivity index (χ0) is 12.8. The lowest BCUT2D eigenvalue weighted by Gasteiger charge is -2.41. The molecule has 0 aliphatic heterocycles. The first-order valence-electron chi connectivity index (χ1n) is 5.92. The predicted molar refractivity (Wildman–Crippen MR) is 66.9 cm³/mol. The topological polar surface area (TPSA) is 56.6 Å². The molecule has 1 heterocycles. The Morgan fingerprint density at radius 1 is 1.35 bits per heavy atom. The summed E-state index contributed by atoms with van der Waals surface area (Å²) in [5.41, 5.74) is 2.26. The Balaban J connectivity index is 2.68. The summed E-state index contributed by atoms with van der Waals surface area (Å²) in [6.45, 7) is 8.78. The van der Waals surface area contributed by atoms with Crippen molar-refractivity contribution < 1.29 is 0 Å². The van der Waals surface area contributed by atoms with Crippen LogP contribution in [0.1, 0.15) is 50.9 Å². The van der Waals surface area contributed by atoms with Crippen LogP contribution in [0.5, 0.6) is 0 Å². The standard InChI is InChI=1S/C14H18N2O/c1-13(2)6-11-10(14(3,4)8-13)5-9(7-15)12(17)16-11/h5H,6,8H2,1-4H3,(H,16,17). The summed E-state index contributed by atoms with van der Waals surface area (Å²) in [7, 11) is 0. The molecule has 90 valence electrons. The molecule has 0 amide bonds. The lowest BCUT2D eigenvalue weighted by atomic mass is 9.64. The molecular formula is C14H18N2O. The number of hydrogen-bond donors (Lipinski definition) is 1. The molecule has 0 saturated carbocycles. The number of rotatable bonds is 0. The van der Waals surface area contributed by atoms with Gasteiger partial charge in [0.15, 0.2) is 0 Å². The molecule has 0 spiro atoms. The molecule has 0 atom stereocenters. The number of nitriles is 1. The highest BCUT2D eigenvalue weighted by Crippen LogP contribution is 2.44. The van der Waals surface area contributed by atoms with Crippen LogP contribution < -0.4 is 5.56 Å². The van der Waals surface area contributed by atoms with E-state index in [9.17, 15) is 4.79 Å². The molecule has 1 aliphatic carbocycles. The van der Waals surface area contributed by atoms with Crippen LogP contribution in [0.2, 0.25) is 0 Å². The van der Waals surface area contributed by atoms with E-state index in [4.69, 9.17) is 5.26 Å². The van der Waals surface area contributed by atoms with Gasteiger partial charge in [0.05, 0.1) is 0 Å². The maximum absolute atomic E-state index is 11.7. The van der Waals surface area contributed by atoms with E-state index >= 15 is 0 Å². The first-order valence-corrected chi connectivity index (χ1v) is 5.92. The molecule has 17 heavy (non-hydrogen) atoms. The molecule has 3 nitrogen and oxygen atoms in total. The maximum Gasteiger partial charge on any atom is 0.266 e. The van der Waals surface area contributed by atoms with Gasteiger partial charge in [-0.05, 0) is 35.3 Å². The summed E-state index contributed by atoms with van der Waals surface area (Å²) in [5.74, 6) is 0. The molecule has 1 aliphatic rings. The van der Waals surface area contributed by atoms with E-state index in [0.717, 1.165) is 24.1 Å². The van der Waals surface area contributed by atoms with Crippen LogP contribution in [-0.2, 0) is 11.8 Å². The molecule has 1 aromatic rings. The van der Waals surface area contributed by atoms with Crippen molar-refractivity contribution in [3.05, 3.63) is 33.2 Å². The Kier molecular flexibility index (Phi) is 2.43. The smallest absolute Gasteiger partial charge is 0.266 e. The van der Waals surface area contributed by atoms with Crippen LogP contribution in [0.4, 0.5) is 0 Å². The van der Waals surface area contributed by atoms with Crippen molar-refractivity contribution >= 4 is 0 Å². The number of fused-ring (bicyclic) bond motifs is 1. The van der Waals surface area contributed by atoms with Crippen LogP contribution in [0.3, 0.4) is 0 Å². The molecule has 0 saturated heterocycles. The summed E-state index contributed by atoms with van der Waals surface area (Å²) >= 11 is 0. The number of aromatic amines is 1. The fraction of sp³-hybridized carbons (Fsp3) is 0.571. The monoisotopic (exact) mass is 230 g/mol. The number of hydrogen-bond acceptors (Lipinski definition) is 2. The van der Waals surface area contributed by atoms with Crippen molar-refractivity contribution in [2.45, 2.75) is 46.0 Å². The van der Waals surface area contributed by atoms with E-state index in [1.165, 1.54) is 0 Å². The highest BCUT2D eigenvalue weighted by molar-refractivity contribution is 5.39. The third kappa shape index (κ3) is 2.00. The van der Waals surface area contributed by atoms with Gasteiger partial charge in [-0.15, -0.1) is 0 Å². The Morgan fingerprint density at radius 2 is 2.00 bits per heavy atom. The van der Waals surface area contributed by atoms with Gasteiger partial charge in [0.25, 0.3) is 5.56 Å². The average molecular weight is 230 g/mol. The van der Waals surface area contributed by atoms with Crippen LogP contribution in [-0.4, -0.2) is 4.98 Å². The third-order valence-electron chi connectivity index (χ3n) is 3.55. The first-order chi connectivity index (χ1) is 7.75. The molecule has 0 unspecified atom stereocenters. The SMILES string of the molecule is CC1(C)Cc2[nH]c(=O)c(C#N)cc2C(C)(C)C1. The molecule has 1 N–H and O–H groups in total. The van der Waals surface area contributed by atoms with Crippen molar-refractivity contribution in [2.24, 2.45) is 5.41 Å². The second kappa shape index (κ2) is 3.46. The van der Waals surface area contributed by atoms with Gasteiger partial charge in [0.2, 0.25) is 0 Å². The summed E-state index contributed by atoms with van der Waals surface area (Å²) in [6.07, 6.45) is 1.93. The van der Waals surface area contributed by atoms with Crippen LogP contribution in [0.15, 0.2) is 10.9 Å². The number of nitrogens with one attached hydrogen (secondary N) is 1. The van der Waals surface area contributed by atoms with Gasteiger partial charge in [-0.3, -0.25) is 4.79 Å². The van der Waals surface area contributed by atoms with Gasteiger partial charge in [0.1, 0.15) is 11.6 Å². The molecule has 1 aromatic heterocycles. The second-order valence-corrected chi connectivity index (χ2v) is 6.42. The predicted octanol–water partition coefficient (Wildman–Crippen LogP) is 2.50. The van der Waals surface area contributed by atoms with Crippen molar-refractivity contribution in [3.8, 4) is 6.07 Å². The molecule has 0 aromatic carbocycles. The molecular weight excluding hydrogens is 212 g/mol. The number of H-pyrrole nitrogens is 1.